The van der Waals surface area contributed by atoms with Gasteiger partial charge in [-0.1, -0.05) is 12.1 Å². The van der Waals surface area contributed by atoms with Crippen LogP contribution >= 0.6 is 11.3 Å². The molecule has 2 heterocycles. The summed E-state index contributed by atoms with van der Waals surface area (Å²) in [6, 6.07) is 18.0. The normalized spacial score (nSPS) is 10.6. The highest BCUT2D eigenvalue weighted by Crippen LogP contribution is 2.22. The number of fused-ring (bicyclic) bond motifs is 1. The Kier molecular flexibility index (Phi) is 4.82. The lowest BCUT2D eigenvalue weighted by molar-refractivity contribution is 0.101. The minimum absolute atomic E-state index is 0.178. The Morgan fingerprint density at radius 3 is 2.43 bits per heavy atom. The van der Waals surface area contributed by atoms with Gasteiger partial charge in [0.05, 0.1) is 12.0 Å². The number of carbonyl (C=O) groups excluding carboxylic acids is 2. The minimum Gasteiger partial charge on any atom is -0.497 e. The number of hydrogen-bond acceptors (Lipinski definition) is 4. The van der Waals surface area contributed by atoms with E-state index in [2.05, 4.69) is 15.6 Å². The number of methoxy groups -OCH3 is 1. The van der Waals surface area contributed by atoms with Gasteiger partial charge in [-0.3, -0.25) is 9.59 Å². The molecule has 2 amide bonds. The van der Waals surface area contributed by atoms with Crippen molar-refractivity contribution in [1.29, 1.82) is 0 Å². The van der Waals surface area contributed by atoms with Gasteiger partial charge in [0.15, 0.2) is 0 Å². The summed E-state index contributed by atoms with van der Waals surface area (Å²) in [4.78, 5) is 28.5. The molecule has 0 unspecified atom stereocenters. The van der Waals surface area contributed by atoms with E-state index < -0.39 is 0 Å². The molecular formula is C21H17N3O3S. The quantitative estimate of drug-likeness (QED) is 0.459. The van der Waals surface area contributed by atoms with Gasteiger partial charge in [0.2, 0.25) is 0 Å². The van der Waals surface area contributed by atoms with Crippen LogP contribution in [-0.2, 0) is 0 Å². The summed E-state index contributed by atoms with van der Waals surface area (Å²) in [5.74, 6) is 0.274. The maximum Gasteiger partial charge on any atom is 0.272 e. The number of carbonyl (C=O) groups is 2. The van der Waals surface area contributed by atoms with E-state index in [4.69, 9.17) is 4.74 Å². The van der Waals surface area contributed by atoms with E-state index in [-0.39, 0.29) is 11.8 Å². The molecule has 3 N–H and O–H groups in total. The molecule has 0 saturated heterocycles. The zero-order valence-corrected chi connectivity index (χ0v) is 15.8. The summed E-state index contributed by atoms with van der Waals surface area (Å²) in [6.45, 7) is 0. The molecule has 0 fully saturated rings. The molecule has 0 aliphatic heterocycles. The van der Waals surface area contributed by atoms with Gasteiger partial charge in [-0.05, 0) is 47.8 Å². The number of rotatable bonds is 5. The molecule has 0 aliphatic carbocycles. The van der Waals surface area contributed by atoms with Gasteiger partial charge in [0, 0.05) is 28.3 Å². The molecule has 0 aliphatic rings. The molecule has 2 aromatic carbocycles. The molecule has 4 rings (SSSR count). The molecule has 28 heavy (non-hydrogen) atoms. The lowest BCUT2D eigenvalue weighted by atomic mass is 10.2. The molecule has 0 bridgehead atoms. The first-order valence-electron chi connectivity index (χ1n) is 8.55. The van der Waals surface area contributed by atoms with Crippen molar-refractivity contribution in [3.63, 3.8) is 0 Å². The number of nitrogens with one attached hydrogen (secondary N) is 3. The zero-order chi connectivity index (χ0) is 19.5. The molecule has 140 valence electrons. The number of benzene rings is 2. The van der Waals surface area contributed by atoms with Gasteiger partial charge in [-0.15, -0.1) is 11.3 Å². The second kappa shape index (κ2) is 7.58. The fourth-order valence-corrected chi connectivity index (χ4v) is 3.45. The average molecular weight is 391 g/mol. The smallest absolute Gasteiger partial charge is 0.272 e. The molecule has 0 spiro atoms. The average Bonchev–Trinajstić information content (AvgIpc) is 3.37. The fourth-order valence-electron chi connectivity index (χ4n) is 2.83. The maximum absolute atomic E-state index is 12.6. The summed E-state index contributed by atoms with van der Waals surface area (Å²) in [6.07, 6.45) is 0. The Morgan fingerprint density at radius 1 is 0.929 bits per heavy atom. The van der Waals surface area contributed by atoms with Crippen LogP contribution in [0.2, 0.25) is 0 Å². The first kappa shape index (κ1) is 17.8. The third-order valence-corrected chi connectivity index (χ3v) is 5.07. The maximum atomic E-state index is 12.6. The number of anilines is 2. The van der Waals surface area contributed by atoms with Crippen molar-refractivity contribution < 1.29 is 14.3 Å². The van der Waals surface area contributed by atoms with Crippen LogP contribution in [-0.4, -0.2) is 23.9 Å². The SMILES string of the molecule is COc1ccc2cc(C(=O)Nc3cccc(NC(=O)c4cccs4)c3)[nH]c2c1. The van der Waals surface area contributed by atoms with Crippen LogP contribution in [0.5, 0.6) is 5.75 Å². The van der Waals surface area contributed by atoms with Gasteiger partial charge >= 0.3 is 0 Å². The number of aromatic nitrogens is 1. The van der Waals surface area contributed by atoms with Crippen molar-refractivity contribution in [3.05, 3.63) is 76.6 Å². The third-order valence-electron chi connectivity index (χ3n) is 4.20. The van der Waals surface area contributed by atoms with Crippen LogP contribution in [0.4, 0.5) is 11.4 Å². The van der Waals surface area contributed by atoms with Crippen LogP contribution in [0, 0.1) is 0 Å². The van der Waals surface area contributed by atoms with E-state index in [0.717, 1.165) is 16.7 Å². The molecule has 0 saturated carbocycles. The summed E-state index contributed by atoms with van der Waals surface area (Å²) in [5, 5.41) is 8.44. The molecule has 7 heteroatoms. The summed E-state index contributed by atoms with van der Waals surface area (Å²) in [7, 11) is 1.60. The van der Waals surface area contributed by atoms with Crippen LogP contribution in [0.3, 0.4) is 0 Å². The van der Waals surface area contributed by atoms with Crippen molar-refractivity contribution in [2.24, 2.45) is 0 Å². The van der Waals surface area contributed by atoms with E-state index in [1.807, 2.05) is 29.6 Å². The highest BCUT2D eigenvalue weighted by atomic mass is 32.1. The largest absolute Gasteiger partial charge is 0.497 e. The number of amides is 2. The molecule has 4 aromatic rings. The summed E-state index contributed by atoms with van der Waals surface area (Å²) in [5.41, 5.74) is 2.46. The van der Waals surface area contributed by atoms with Crippen molar-refractivity contribution in [3.8, 4) is 5.75 Å². The number of aromatic amines is 1. The summed E-state index contributed by atoms with van der Waals surface area (Å²) < 4.78 is 5.20. The van der Waals surface area contributed by atoms with E-state index in [1.165, 1.54) is 11.3 Å². The number of H-pyrrole nitrogens is 1. The second-order valence-electron chi connectivity index (χ2n) is 6.10. The molecule has 0 radical (unpaired) electrons. The lowest BCUT2D eigenvalue weighted by Gasteiger charge is -2.08. The lowest BCUT2D eigenvalue weighted by Crippen LogP contribution is -2.13. The first-order valence-corrected chi connectivity index (χ1v) is 9.43. The van der Waals surface area contributed by atoms with Crippen molar-refractivity contribution in [1.82, 2.24) is 4.98 Å². The highest BCUT2D eigenvalue weighted by molar-refractivity contribution is 7.12. The third kappa shape index (κ3) is 3.74. The minimum atomic E-state index is -0.267. The molecule has 2 aromatic heterocycles. The Morgan fingerprint density at radius 2 is 1.71 bits per heavy atom. The van der Waals surface area contributed by atoms with Crippen molar-refractivity contribution in [2.75, 3.05) is 17.7 Å². The Labute approximate surface area is 165 Å². The molecule has 6 nitrogen and oxygen atoms in total. The van der Waals surface area contributed by atoms with Crippen molar-refractivity contribution in [2.45, 2.75) is 0 Å². The number of hydrogen-bond donors (Lipinski definition) is 3. The van der Waals surface area contributed by atoms with Gasteiger partial charge in [-0.2, -0.15) is 0 Å². The van der Waals surface area contributed by atoms with Gasteiger partial charge in [-0.25, -0.2) is 0 Å². The predicted molar refractivity (Wildman–Crippen MR) is 112 cm³/mol. The Bertz CT molecular complexity index is 1150. The van der Waals surface area contributed by atoms with Crippen LogP contribution in [0.1, 0.15) is 20.2 Å². The van der Waals surface area contributed by atoms with E-state index in [9.17, 15) is 9.59 Å². The zero-order valence-electron chi connectivity index (χ0n) is 15.0. The van der Waals surface area contributed by atoms with Crippen LogP contribution in [0.15, 0.2) is 66.0 Å². The predicted octanol–water partition coefficient (Wildman–Crippen LogP) is 4.74. The Balaban J connectivity index is 1.49. The molecule has 0 atom stereocenters. The number of ether oxygens (including phenoxy) is 1. The van der Waals surface area contributed by atoms with E-state index in [1.54, 1.807) is 43.5 Å². The Hall–Kier alpha value is -3.58. The topological polar surface area (TPSA) is 83.2 Å². The number of thiophene rings is 1. The van der Waals surface area contributed by atoms with Crippen molar-refractivity contribution >= 4 is 45.4 Å². The fraction of sp³-hybridized carbons (Fsp3) is 0.0476. The molecular weight excluding hydrogens is 374 g/mol. The van der Waals surface area contributed by atoms with Gasteiger partial charge in [0.25, 0.3) is 11.8 Å². The highest BCUT2D eigenvalue weighted by Gasteiger charge is 2.12. The monoisotopic (exact) mass is 391 g/mol. The second-order valence-corrected chi connectivity index (χ2v) is 7.05. The standard InChI is InChI=1S/C21H17N3O3S/c1-27-16-8-7-13-10-18(24-17(13)12-16)20(25)22-14-4-2-5-15(11-14)23-21(26)19-6-3-9-28-19/h2-12,24H,1H3,(H,22,25)(H,23,26). The van der Waals surface area contributed by atoms with Crippen LogP contribution in [0.25, 0.3) is 10.9 Å². The van der Waals surface area contributed by atoms with E-state index in [0.29, 0.717) is 21.9 Å². The van der Waals surface area contributed by atoms with Gasteiger partial charge in [0.1, 0.15) is 11.4 Å². The van der Waals surface area contributed by atoms with Crippen LogP contribution < -0.4 is 15.4 Å². The summed E-state index contributed by atoms with van der Waals surface area (Å²) >= 11 is 1.37. The first-order chi connectivity index (χ1) is 13.6. The van der Waals surface area contributed by atoms with E-state index >= 15 is 0 Å². The van der Waals surface area contributed by atoms with Gasteiger partial charge < -0.3 is 20.4 Å².